The number of ether oxygens (including phenoxy) is 1. The Hall–Kier alpha value is -1.64. The molecule has 28 heavy (non-hydrogen) atoms. The lowest BCUT2D eigenvalue weighted by atomic mass is 9.99. The summed E-state index contributed by atoms with van der Waals surface area (Å²) >= 11 is 0. The molecule has 2 rings (SSSR count). The molecule has 0 unspecified atom stereocenters. The van der Waals surface area contributed by atoms with Crippen LogP contribution in [0.25, 0.3) is 0 Å². The minimum atomic E-state index is -3.47. The van der Waals surface area contributed by atoms with Crippen molar-refractivity contribution in [3.8, 4) is 5.75 Å². The highest BCUT2D eigenvalue weighted by Crippen LogP contribution is 2.21. The molecule has 1 aromatic carbocycles. The van der Waals surface area contributed by atoms with Crippen LogP contribution >= 0.6 is 0 Å². The van der Waals surface area contributed by atoms with Gasteiger partial charge in [0.2, 0.25) is 5.91 Å². The summed E-state index contributed by atoms with van der Waals surface area (Å²) in [6, 6.07) is 7.99. The molecule has 0 aliphatic carbocycles. The predicted molar refractivity (Wildman–Crippen MR) is 110 cm³/mol. The second kappa shape index (κ2) is 10.8. The molecule has 0 radical (unpaired) electrons. The Kier molecular flexibility index (Phi) is 8.72. The van der Waals surface area contributed by atoms with E-state index in [2.05, 4.69) is 18.3 Å². The van der Waals surface area contributed by atoms with Gasteiger partial charge in [-0.05, 0) is 43.7 Å². The van der Waals surface area contributed by atoms with Crippen LogP contribution in [0.5, 0.6) is 5.75 Å². The highest BCUT2D eigenvalue weighted by Gasteiger charge is 2.33. The van der Waals surface area contributed by atoms with Crippen molar-refractivity contribution in [2.45, 2.75) is 39.0 Å². The average molecular weight is 412 g/mol. The van der Waals surface area contributed by atoms with Crippen LogP contribution in [0, 0.1) is 5.92 Å². The van der Waals surface area contributed by atoms with Gasteiger partial charge in [-0.3, -0.25) is 4.79 Å². The number of rotatable bonds is 10. The van der Waals surface area contributed by atoms with Gasteiger partial charge in [0.1, 0.15) is 5.75 Å². The summed E-state index contributed by atoms with van der Waals surface area (Å²) in [6.45, 7) is 4.06. The molecule has 1 heterocycles. The van der Waals surface area contributed by atoms with Crippen molar-refractivity contribution in [1.29, 1.82) is 0 Å². The van der Waals surface area contributed by atoms with Gasteiger partial charge in [0.15, 0.2) is 0 Å². The number of hydrogen-bond donors (Lipinski definition) is 1. The number of carbonyl (C=O) groups is 1. The molecule has 1 atom stereocenters. The van der Waals surface area contributed by atoms with Gasteiger partial charge in [-0.2, -0.15) is 17.0 Å². The van der Waals surface area contributed by atoms with E-state index in [0.717, 1.165) is 37.0 Å². The first kappa shape index (κ1) is 22.6. The van der Waals surface area contributed by atoms with E-state index in [0.29, 0.717) is 26.1 Å². The molecule has 8 heteroatoms. The van der Waals surface area contributed by atoms with Crippen LogP contribution in [-0.4, -0.2) is 63.3 Å². The topological polar surface area (TPSA) is 79.0 Å². The van der Waals surface area contributed by atoms with Gasteiger partial charge in [0.25, 0.3) is 10.2 Å². The van der Waals surface area contributed by atoms with Crippen LogP contribution in [0.2, 0.25) is 0 Å². The van der Waals surface area contributed by atoms with E-state index in [-0.39, 0.29) is 18.4 Å². The summed E-state index contributed by atoms with van der Waals surface area (Å²) in [6.07, 6.45) is 4.02. The Morgan fingerprint density at radius 1 is 1.32 bits per heavy atom. The van der Waals surface area contributed by atoms with E-state index in [1.807, 2.05) is 18.2 Å². The zero-order valence-electron chi connectivity index (χ0n) is 17.2. The fourth-order valence-electron chi connectivity index (χ4n) is 3.29. The molecule has 7 nitrogen and oxygen atoms in total. The molecule has 1 fully saturated rings. The number of piperidine rings is 1. The lowest BCUT2D eigenvalue weighted by Gasteiger charge is -2.32. The number of benzene rings is 1. The van der Waals surface area contributed by atoms with E-state index in [1.165, 1.54) is 22.7 Å². The van der Waals surface area contributed by atoms with Gasteiger partial charge in [0, 0.05) is 33.7 Å². The SMILES string of the molecule is CCCOc1ccccc1CCCNC(=O)[C@@H]1CCCN(S(=O)(=O)N(C)C)C1. The molecule has 1 aliphatic rings. The van der Waals surface area contributed by atoms with E-state index < -0.39 is 10.2 Å². The van der Waals surface area contributed by atoms with E-state index in [4.69, 9.17) is 4.74 Å². The molecule has 1 aliphatic heterocycles. The van der Waals surface area contributed by atoms with E-state index in [1.54, 1.807) is 0 Å². The number of carbonyl (C=O) groups excluding carboxylic acids is 1. The van der Waals surface area contributed by atoms with Crippen molar-refractivity contribution in [1.82, 2.24) is 13.9 Å². The summed E-state index contributed by atoms with van der Waals surface area (Å²) < 4.78 is 32.9. The van der Waals surface area contributed by atoms with Gasteiger partial charge in [0.05, 0.1) is 12.5 Å². The maximum Gasteiger partial charge on any atom is 0.281 e. The zero-order valence-corrected chi connectivity index (χ0v) is 18.0. The second-order valence-electron chi connectivity index (χ2n) is 7.34. The number of aryl methyl sites for hydroxylation is 1. The first-order valence-corrected chi connectivity index (χ1v) is 11.4. The highest BCUT2D eigenvalue weighted by molar-refractivity contribution is 7.86. The van der Waals surface area contributed by atoms with Crippen LogP contribution in [0.4, 0.5) is 0 Å². The highest BCUT2D eigenvalue weighted by atomic mass is 32.2. The van der Waals surface area contributed by atoms with Gasteiger partial charge >= 0.3 is 0 Å². The van der Waals surface area contributed by atoms with Crippen molar-refractivity contribution < 1.29 is 17.9 Å². The first-order chi connectivity index (χ1) is 13.4. The minimum Gasteiger partial charge on any atom is -0.493 e. The van der Waals surface area contributed by atoms with Crippen LogP contribution in [0.15, 0.2) is 24.3 Å². The summed E-state index contributed by atoms with van der Waals surface area (Å²) in [5, 5.41) is 2.97. The number of para-hydroxylation sites is 1. The summed E-state index contributed by atoms with van der Waals surface area (Å²) in [5.41, 5.74) is 1.14. The van der Waals surface area contributed by atoms with Crippen molar-refractivity contribution in [3.05, 3.63) is 29.8 Å². The maximum atomic E-state index is 12.5. The number of amides is 1. The molecule has 158 valence electrons. The molecule has 1 saturated heterocycles. The van der Waals surface area contributed by atoms with Crippen LogP contribution in [0.3, 0.4) is 0 Å². The lowest BCUT2D eigenvalue weighted by molar-refractivity contribution is -0.126. The molecular formula is C20H33N3O4S. The smallest absolute Gasteiger partial charge is 0.281 e. The fourth-order valence-corrected chi connectivity index (χ4v) is 4.48. The molecule has 1 aromatic rings. The molecular weight excluding hydrogens is 378 g/mol. The summed E-state index contributed by atoms with van der Waals surface area (Å²) in [7, 11) is -0.437. The fraction of sp³-hybridized carbons (Fsp3) is 0.650. The van der Waals surface area contributed by atoms with Crippen molar-refractivity contribution >= 4 is 16.1 Å². The predicted octanol–water partition coefficient (Wildman–Crippen LogP) is 2.04. The number of hydrogen-bond acceptors (Lipinski definition) is 4. The summed E-state index contributed by atoms with van der Waals surface area (Å²) in [5.74, 6) is 0.560. The Labute approximate surface area is 169 Å². The Bertz CT molecular complexity index is 737. The number of nitrogens with zero attached hydrogens (tertiary/aromatic N) is 2. The Morgan fingerprint density at radius 3 is 2.79 bits per heavy atom. The van der Waals surface area contributed by atoms with Gasteiger partial charge in [-0.15, -0.1) is 0 Å². The Morgan fingerprint density at radius 2 is 2.07 bits per heavy atom. The first-order valence-electron chi connectivity index (χ1n) is 10.0. The van der Waals surface area contributed by atoms with Crippen LogP contribution in [-0.2, 0) is 21.4 Å². The normalized spacial score (nSPS) is 18.2. The van der Waals surface area contributed by atoms with Gasteiger partial charge in [-0.1, -0.05) is 25.1 Å². The maximum absolute atomic E-state index is 12.5. The van der Waals surface area contributed by atoms with Gasteiger partial charge < -0.3 is 10.1 Å². The van der Waals surface area contributed by atoms with Crippen LogP contribution in [0.1, 0.15) is 38.2 Å². The zero-order chi connectivity index (χ0) is 20.6. The van der Waals surface area contributed by atoms with Crippen molar-refractivity contribution in [2.75, 3.05) is 40.3 Å². The standard InChI is InChI=1S/C20H33N3O4S/c1-4-15-27-19-12-6-5-9-17(19)10-7-13-21-20(24)18-11-8-14-23(16-18)28(25,26)22(2)3/h5-6,9,12,18H,4,7-8,10-11,13-16H2,1-3H3,(H,21,24)/t18-/m1/s1. The van der Waals surface area contributed by atoms with Crippen molar-refractivity contribution in [3.63, 3.8) is 0 Å². The second-order valence-corrected chi connectivity index (χ2v) is 9.48. The van der Waals surface area contributed by atoms with Crippen LogP contribution < -0.4 is 10.1 Å². The average Bonchev–Trinajstić information content (AvgIpc) is 2.70. The minimum absolute atomic E-state index is 0.0609. The quantitative estimate of drug-likeness (QED) is 0.598. The third-order valence-electron chi connectivity index (χ3n) is 4.90. The molecule has 0 bridgehead atoms. The molecule has 1 N–H and O–H groups in total. The van der Waals surface area contributed by atoms with Crippen molar-refractivity contribution in [2.24, 2.45) is 5.92 Å². The Balaban J connectivity index is 1.80. The van der Waals surface area contributed by atoms with E-state index in [9.17, 15) is 13.2 Å². The number of nitrogens with one attached hydrogen (secondary N) is 1. The summed E-state index contributed by atoms with van der Waals surface area (Å²) in [4.78, 5) is 12.5. The molecule has 1 amide bonds. The van der Waals surface area contributed by atoms with E-state index >= 15 is 0 Å². The molecule has 0 saturated carbocycles. The lowest BCUT2D eigenvalue weighted by Crippen LogP contribution is -2.48. The third-order valence-corrected chi connectivity index (χ3v) is 6.81. The molecule has 0 aromatic heterocycles. The molecule has 0 spiro atoms. The van der Waals surface area contributed by atoms with Gasteiger partial charge in [-0.25, -0.2) is 0 Å². The third kappa shape index (κ3) is 6.18. The monoisotopic (exact) mass is 411 g/mol. The largest absolute Gasteiger partial charge is 0.493 e.